The monoisotopic (exact) mass is 195 g/mol. The summed E-state index contributed by atoms with van der Waals surface area (Å²) in [5.41, 5.74) is 7.00. The first-order valence-electron chi connectivity index (χ1n) is 5.57. The van der Waals surface area contributed by atoms with Gasteiger partial charge in [0.25, 0.3) is 0 Å². The average molecular weight is 195 g/mol. The molecular weight excluding hydrogens is 174 g/mol. The zero-order chi connectivity index (χ0) is 10.3. The van der Waals surface area contributed by atoms with Crippen LogP contribution in [0.1, 0.15) is 26.7 Å². The standard InChI is InChI=1S/C12H21NO/c1-8-4-12(5-11(12)10(3)13)7-14-6-9(8)2/h8-9,11H,3-7,13H2,1-2H3. The Morgan fingerprint density at radius 3 is 2.64 bits per heavy atom. The zero-order valence-corrected chi connectivity index (χ0v) is 9.25. The van der Waals surface area contributed by atoms with Crippen molar-refractivity contribution in [3.8, 4) is 0 Å². The summed E-state index contributed by atoms with van der Waals surface area (Å²) >= 11 is 0. The Hall–Kier alpha value is -0.500. The van der Waals surface area contributed by atoms with Gasteiger partial charge in [0.2, 0.25) is 0 Å². The molecule has 2 N–H and O–H groups in total. The minimum atomic E-state index is 0.357. The van der Waals surface area contributed by atoms with Crippen LogP contribution in [0.4, 0.5) is 0 Å². The fourth-order valence-corrected chi connectivity index (χ4v) is 2.77. The Labute approximate surface area is 86.5 Å². The maximum Gasteiger partial charge on any atom is 0.0529 e. The SMILES string of the molecule is C=C(N)C1CC12COCC(C)C(C)C2. The van der Waals surface area contributed by atoms with Crippen molar-refractivity contribution >= 4 is 0 Å². The van der Waals surface area contributed by atoms with Gasteiger partial charge in [0.15, 0.2) is 0 Å². The van der Waals surface area contributed by atoms with Gasteiger partial charge in [0, 0.05) is 23.6 Å². The van der Waals surface area contributed by atoms with Gasteiger partial charge in [-0.2, -0.15) is 0 Å². The maximum atomic E-state index is 5.78. The number of hydrogen-bond donors (Lipinski definition) is 1. The van der Waals surface area contributed by atoms with E-state index in [0.29, 0.717) is 17.3 Å². The second-order valence-corrected chi connectivity index (χ2v) is 5.37. The number of allylic oxidation sites excluding steroid dienone is 1. The van der Waals surface area contributed by atoms with Crippen LogP contribution in [0, 0.1) is 23.2 Å². The number of hydrogen-bond acceptors (Lipinski definition) is 2. The van der Waals surface area contributed by atoms with Gasteiger partial charge >= 0.3 is 0 Å². The fraction of sp³-hybridized carbons (Fsp3) is 0.833. The van der Waals surface area contributed by atoms with Crippen LogP contribution in [-0.2, 0) is 4.74 Å². The molecule has 0 aromatic heterocycles. The molecule has 80 valence electrons. The summed E-state index contributed by atoms with van der Waals surface area (Å²) in [7, 11) is 0. The van der Waals surface area contributed by atoms with E-state index in [4.69, 9.17) is 10.5 Å². The molecular formula is C12H21NO. The maximum absolute atomic E-state index is 5.78. The van der Waals surface area contributed by atoms with Crippen LogP contribution in [0.5, 0.6) is 0 Å². The van der Waals surface area contributed by atoms with E-state index in [-0.39, 0.29) is 0 Å². The summed E-state index contributed by atoms with van der Waals surface area (Å²) in [6.07, 6.45) is 2.45. The normalized spacial score (nSPS) is 47.4. The minimum absolute atomic E-state index is 0.357. The van der Waals surface area contributed by atoms with Crippen molar-refractivity contribution in [2.45, 2.75) is 26.7 Å². The molecule has 2 heteroatoms. The third kappa shape index (κ3) is 1.56. The largest absolute Gasteiger partial charge is 0.402 e. The molecule has 1 saturated heterocycles. The Bertz CT molecular complexity index is 251. The van der Waals surface area contributed by atoms with Crippen LogP contribution < -0.4 is 5.73 Å². The van der Waals surface area contributed by atoms with Gasteiger partial charge in [0.1, 0.15) is 0 Å². The lowest BCUT2D eigenvalue weighted by Gasteiger charge is -2.19. The van der Waals surface area contributed by atoms with E-state index < -0.39 is 0 Å². The topological polar surface area (TPSA) is 35.2 Å². The van der Waals surface area contributed by atoms with Gasteiger partial charge in [-0.05, 0) is 24.7 Å². The van der Waals surface area contributed by atoms with Crippen LogP contribution in [-0.4, -0.2) is 13.2 Å². The molecule has 2 rings (SSSR count). The molecule has 2 aliphatic rings. The van der Waals surface area contributed by atoms with E-state index in [0.717, 1.165) is 24.8 Å². The van der Waals surface area contributed by atoms with Crippen molar-refractivity contribution < 1.29 is 4.74 Å². The summed E-state index contributed by atoms with van der Waals surface area (Å²) in [4.78, 5) is 0. The zero-order valence-electron chi connectivity index (χ0n) is 9.25. The molecule has 1 aliphatic carbocycles. The fourth-order valence-electron chi connectivity index (χ4n) is 2.77. The third-order valence-electron chi connectivity index (χ3n) is 4.11. The second kappa shape index (κ2) is 3.27. The molecule has 1 spiro atoms. The van der Waals surface area contributed by atoms with E-state index in [1.165, 1.54) is 12.8 Å². The number of rotatable bonds is 1. The quantitative estimate of drug-likeness (QED) is 0.696. The van der Waals surface area contributed by atoms with Crippen LogP contribution in [0.2, 0.25) is 0 Å². The van der Waals surface area contributed by atoms with Gasteiger partial charge in [-0.1, -0.05) is 20.4 Å². The molecule has 0 aromatic rings. The van der Waals surface area contributed by atoms with E-state index in [9.17, 15) is 0 Å². The Morgan fingerprint density at radius 2 is 2.07 bits per heavy atom. The molecule has 1 heterocycles. The highest BCUT2D eigenvalue weighted by Crippen LogP contribution is 2.60. The van der Waals surface area contributed by atoms with Crippen molar-refractivity contribution in [3.05, 3.63) is 12.3 Å². The molecule has 0 aromatic carbocycles. The first kappa shape index (κ1) is 10.0. The number of ether oxygens (including phenoxy) is 1. The van der Waals surface area contributed by atoms with Gasteiger partial charge in [0.05, 0.1) is 6.61 Å². The second-order valence-electron chi connectivity index (χ2n) is 5.37. The molecule has 2 nitrogen and oxygen atoms in total. The third-order valence-corrected chi connectivity index (χ3v) is 4.11. The molecule has 1 saturated carbocycles. The van der Waals surface area contributed by atoms with Crippen LogP contribution in [0.15, 0.2) is 12.3 Å². The Balaban J connectivity index is 2.05. The highest BCUT2D eigenvalue weighted by Gasteiger charge is 2.56. The summed E-state index contributed by atoms with van der Waals surface area (Å²) in [6, 6.07) is 0. The van der Waals surface area contributed by atoms with E-state index >= 15 is 0 Å². The first-order valence-corrected chi connectivity index (χ1v) is 5.57. The minimum Gasteiger partial charge on any atom is -0.402 e. The average Bonchev–Trinajstić information content (AvgIpc) is 2.80. The van der Waals surface area contributed by atoms with Gasteiger partial charge in [-0.25, -0.2) is 0 Å². The molecule has 0 amide bonds. The lowest BCUT2D eigenvalue weighted by atomic mass is 9.85. The van der Waals surface area contributed by atoms with Crippen LogP contribution >= 0.6 is 0 Å². The molecule has 14 heavy (non-hydrogen) atoms. The molecule has 1 aliphatic heterocycles. The summed E-state index contributed by atoms with van der Waals surface area (Å²) < 4.78 is 5.74. The van der Waals surface area contributed by atoms with Crippen molar-refractivity contribution in [2.75, 3.05) is 13.2 Å². The van der Waals surface area contributed by atoms with E-state index in [1.54, 1.807) is 0 Å². The molecule has 0 radical (unpaired) electrons. The molecule has 2 fully saturated rings. The lowest BCUT2D eigenvalue weighted by molar-refractivity contribution is 0.0864. The van der Waals surface area contributed by atoms with Crippen molar-refractivity contribution in [1.82, 2.24) is 0 Å². The molecule has 4 atom stereocenters. The molecule has 0 bridgehead atoms. The van der Waals surface area contributed by atoms with Gasteiger partial charge < -0.3 is 10.5 Å². The first-order chi connectivity index (χ1) is 6.55. The summed E-state index contributed by atoms with van der Waals surface area (Å²) in [5.74, 6) is 1.96. The molecule has 4 unspecified atom stereocenters. The van der Waals surface area contributed by atoms with Gasteiger partial charge in [-0.3, -0.25) is 0 Å². The van der Waals surface area contributed by atoms with Crippen molar-refractivity contribution in [3.63, 3.8) is 0 Å². The van der Waals surface area contributed by atoms with Crippen LogP contribution in [0.25, 0.3) is 0 Å². The van der Waals surface area contributed by atoms with Crippen LogP contribution in [0.3, 0.4) is 0 Å². The Morgan fingerprint density at radius 1 is 1.36 bits per heavy atom. The van der Waals surface area contributed by atoms with Crippen molar-refractivity contribution in [1.29, 1.82) is 0 Å². The summed E-state index contributed by atoms with van der Waals surface area (Å²) in [5, 5.41) is 0. The van der Waals surface area contributed by atoms with Crippen molar-refractivity contribution in [2.24, 2.45) is 28.9 Å². The highest BCUT2D eigenvalue weighted by molar-refractivity contribution is 5.17. The predicted molar refractivity (Wildman–Crippen MR) is 57.6 cm³/mol. The predicted octanol–water partition coefficient (Wildman–Crippen LogP) is 2.16. The highest BCUT2D eigenvalue weighted by atomic mass is 16.5. The smallest absolute Gasteiger partial charge is 0.0529 e. The van der Waals surface area contributed by atoms with Gasteiger partial charge in [-0.15, -0.1) is 0 Å². The van der Waals surface area contributed by atoms with E-state index in [1.807, 2.05) is 0 Å². The number of nitrogens with two attached hydrogens (primary N) is 1. The summed E-state index contributed by atoms with van der Waals surface area (Å²) in [6.45, 7) is 10.3. The lowest BCUT2D eigenvalue weighted by Crippen LogP contribution is -2.16. The van der Waals surface area contributed by atoms with E-state index in [2.05, 4.69) is 20.4 Å². The Kier molecular flexibility index (Phi) is 2.34.